The molecule has 0 bridgehead atoms. The van der Waals surface area contributed by atoms with Gasteiger partial charge in [0.15, 0.2) is 0 Å². The fraction of sp³-hybridized carbons (Fsp3) is 0.800. The topological polar surface area (TPSA) is 49.4 Å². The van der Waals surface area contributed by atoms with E-state index in [2.05, 4.69) is 5.32 Å². The number of hydrogen-bond acceptors (Lipinski definition) is 2. The summed E-state index contributed by atoms with van der Waals surface area (Å²) in [4.78, 5) is 24.9. The Labute approximate surface area is 83.6 Å². The highest BCUT2D eigenvalue weighted by atomic mass is 16.2. The van der Waals surface area contributed by atoms with Crippen LogP contribution in [0.15, 0.2) is 0 Å². The molecule has 4 nitrogen and oxygen atoms in total. The molecule has 1 aliphatic carbocycles. The molecule has 2 rings (SSSR count). The molecule has 1 saturated heterocycles. The largest absolute Gasteiger partial charge is 0.343 e. The molecular formula is C10H16N2O2. The van der Waals surface area contributed by atoms with Crippen molar-refractivity contribution in [3.05, 3.63) is 0 Å². The lowest BCUT2D eigenvalue weighted by Crippen LogP contribution is -2.61. The maximum Gasteiger partial charge on any atom is 0.245 e. The Bertz CT molecular complexity index is 261. The number of nitrogens with zero attached hydrogens (tertiary/aromatic N) is 1. The molecule has 0 aromatic heterocycles. The van der Waals surface area contributed by atoms with Crippen LogP contribution in [0.2, 0.25) is 0 Å². The standard InChI is InChI=1S/C10H16N2O2/c1-2-8-10(14)12(6-9(13)11-8)7-4-3-5-7/h7-8H,2-6H2,1H3,(H,11,13). The quantitative estimate of drug-likeness (QED) is 0.689. The van der Waals surface area contributed by atoms with Crippen LogP contribution in [0.25, 0.3) is 0 Å². The average molecular weight is 196 g/mol. The van der Waals surface area contributed by atoms with E-state index in [1.54, 1.807) is 4.90 Å². The first-order chi connectivity index (χ1) is 6.72. The number of piperazine rings is 1. The van der Waals surface area contributed by atoms with Gasteiger partial charge in [-0.2, -0.15) is 0 Å². The minimum absolute atomic E-state index is 0.0108. The maximum atomic E-state index is 11.8. The van der Waals surface area contributed by atoms with Gasteiger partial charge in [0, 0.05) is 6.04 Å². The summed E-state index contributed by atoms with van der Waals surface area (Å²) >= 11 is 0. The van der Waals surface area contributed by atoms with Crippen molar-refractivity contribution in [2.75, 3.05) is 6.54 Å². The third-order valence-electron chi connectivity index (χ3n) is 3.15. The van der Waals surface area contributed by atoms with Gasteiger partial charge >= 0.3 is 0 Å². The maximum absolute atomic E-state index is 11.8. The monoisotopic (exact) mass is 196 g/mol. The number of hydrogen-bond donors (Lipinski definition) is 1. The molecule has 2 amide bonds. The molecule has 14 heavy (non-hydrogen) atoms. The predicted octanol–water partition coefficient (Wildman–Crippen LogP) is 0.276. The van der Waals surface area contributed by atoms with Crippen LogP contribution in [0, 0.1) is 0 Å². The summed E-state index contributed by atoms with van der Waals surface area (Å²) in [6.45, 7) is 2.19. The Morgan fingerprint density at radius 1 is 1.43 bits per heavy atom. The van der Waals surface area contributed by atoms with Crippen LogP contribution in [0.3, 0.4) is 0 Å². The first-order valence-electron chi connectivity index (χ1n) is 5.32. The smallest absolute Gasteiger partial charge is 0.245 e. The van der Waals surface area contributed by atoms with Crippen LogP contribution < -0.4 is 5.32 Å². The second-order valence-corrected chi connectivity index (χ2v) is 4.08. The molecule has 2 aliphatic rings. The van der Waals surface area contributed by atoms with Gasteiger partial charge in [0.25, 0.3) is 0 Å². The normalized spacial score (nSPS) is 28.6. The van der Waals surface area contributed by atoms with Crippen molar-refractivity contribution in [1.29, 1.82) is 0 Å². The van der Waals surface area contributed by atoms with Crippen LogP contribution in [0.5, 0.6) is 0 Å². The van der Waals surface area contributed by atoms with Gasteiger partial charge in [-0.3, -0.25) is 9.59 Å². The van der Waals surface area contributed by atoms with E-state index in [0.717, 1.165) is 12.8 Å². The Morgan fingerprint density at radius 3 is 2.64 bits per heavy atom. The Kier molecular flexibility index (Phi) is 2.44. The average Bonchev–Trinajstić information content (AvgIpc) is 2.07. The zero-order valence-electron chi connectivity index (χ0n) is 8.45. The molecule has 0 aromatic rings. The van der Waals surface area contributed by atoms with Crippen molar-refractivity contribution in [1.82, 2.24) is 10.2 Å². The van der Waals surface area contributed by atoms with Gasteiger partial charge < -0.3 is 10.2 Å². The molecule has 1 heterocycles. The highest BCUT2D eigenvalue weighted by molar-refractivity contribution is 5.95. The molecular weight excluding hydrogens is 180 g/mol. The van der Waals surface area contributed by atoms with Crippen LogP contribution in [0.4, 0.5) is 0 Å². The zero-order chi connectivity index (χ0) is 10.1. The summed E-state index contributed by atoms with van der Waals surface area (Å²) in [6.07, 6.45) is 4.01. The molecule has 1 atom stereocenters. The van der Waals surface area contributed by atoms with Gasteiger partial charge in [-0.15, -0.1) is 0 Å². The van der Waals surface area contributed by atoms with Gasteiger partial charge in [-0.05, 0) is 25.7 Å². The van der Waals surface area contributed by atoms with Gasteiger partial charge in [0.1, 0.15) is 6.04 Å². The van der Waals surface area contributed by atoms with Crippen molar-refractivity contribution in [2.24, 2.45) is 0 Å². The highest BCUT2D eigenvalue weighted by Crippen LogP contribution is 2.26. The van der Waals surface area contributed by atoms with E-state index >= 15 is 0 Å². The van der Waals surface area contributed by atoms with E-state index in [1.807, 2.05) is 6.92 Å². The second kappa shape index (κ2) is 3.59. The SMILES string of the molecule is CCC1NC(=O)CN(C2CCC2)C1=O. The van der Waals surface area contributed by atoms with Gasteiger partial charge in [-0.1, -0.05) is 6.92 Å². The summed E-state index contributed by atoms with van der Waals surface area (Å²) < 4.78 is 0. The Hall–Kier alpha value is -1.06. The fourth-order valence-electron chi connectivity index (χ4n) is 2.02. The summed E-state index contributed by atoms with van der Waals surface area (Å²) in [6, 6.07) is 0.0550. The number of nitrogens with one attached hydrogen (secondary N) is 1. The van der Waals surface area contributed by atoms with Gasteiger partial charge in [0.2, 0.25) is 11.8 Å². The van der Waals surface area contributed by atoms with Crippen molar-refractivity contribution in [3.8, 4) is 0 Å². The van der Waals surface area contributed by atoms with Gasteiger partial charge in [-0.25, -0.2) is 0 Å². The molecule has 1 aliphatic heterocycles. The lowest BCUT2D eigenvalue weighted by Gasteiger charge is -2.41. The van der Waals surface area contributed by atoms with E-state index in [9.17, 15) is 9.59 Å². The minimum Gasteiger partial charge on any atom is -0.343 e. The molecule has 1 N–H and O–H groups in total. The van der Waals surface area contributed by atoms with E-state index in [4.69, 9.17) is 0 Å². The summed E-state index contributed by atoms with van der Waals surface area (Å²) in [5.74, 6) is 0.0974. The van der Waals surface area contributed by atoms with Crippen molar-refractivity contribution in [2.45, 2.75) is 44.7 Å². The summed E-state index contributed by atoms with van der Waals surface area (Å²) in [5.41, 5.74) is 0. The molecule has 78 valence electrons. The van der Waals surface area contributed by atoms with E-state index in [0.29, 0.717) is 12.5 Å². The van der Waals surface area contributed by atoms with Crippen LogP contribution in [0.1, 0.15) is 32.6 Å². The Balaban J connectivity index is 2.07. The molecule has 2 fully saturated rings. The molecule has 0 spiro atoms. The minimum atomic E-state index is -0.281. The van der Waals surface area contributed by atoms with E-state index < -0.39 is 0 Å². The predicted molar refractivity (Wildman–Crippen MR) is 51.6 cm³/mol. The zero-order valence-corrected chi connectivity index (χ0v) is 8.45. The van der Waals surface area contributed by atoms with E-state index in [-0.39, 0.29) is 24.4 Å². The van der Waals surface area contributed by atoms with Crippen molar-refractivity contribution >= 4 is 11.8 Å². The summed E-state index contributed by atoms with van der Waals surface area (Å²) in [7, 11) is 0. The van der Waals surface area contributed by atoms with Gasteiger partial charge in [0.05, 0.1) is 6.54 Å². The molecule has 4 heteroatoms. The number of amides is 2. The number of carbonyl (C=O) groups is 2. The lowest BCUT2D eigenvalue weighted by atomic mass is 9.90. The van der Waals surface area contributed by atoms with Crippen LogP contribution in [-0.4, -0.2) is 35.3 Å². The highest BCUT2D eigenvalue weighted by Gasteiger charge is 2.37. The first-order valence-corrected chi connectivity index (χ1v) is 5.32. The second-order valence-electron chi connectivity index (χ2n) is 4.08. The number of carbonyl (C=O) groups excluding carboxylic acids is 2. The number of rotatable bonds is 2. The lowest BCUT2D eigenvalue weighted by molar-refractivity contribution is -0.148. The fourth-order valence-corrected chi connectivity index (χ4v) is 2.02. The van der Waals surface area contributed by atoms with Crippen LogP contribution >= 0.6 is 0 Å². The van der Waals surface area contributed by atoms with Crippen molar-refractivity contribution < 1.29 is 9.59 Å². The first kappa shape index (κ1) is 9.49. The van der Waals surface area contributed by atoms with Crippen molar-refractivity contribution in [3.63, 3.8) is 0 Å². The third kappa shape index (κ3) is 1.49. The van der Waals surface area contributed by atoms with E-state index in [1.165, 1.54) is 6.42 Å². The third-order valence-corrected chi connectivity index (χ3v) is 3.15. The molecule has 1 unspecified atom stereocenters. The molecule has 0 radical (unpaired) electrons. The summed E-state index contributed by atoms with van der Waals surface area (Å²) in [5, 5.41) is 2.72. The molecule has 0 aromatic carbocycles. The molecule has 1 saturated carbocycles. The van der Waals surface area contributed by atoms with Crippen LogP contribution in [-0.2, 0) is 9.59 Å². The Morgan fingerprint density at radius 2 is 2.14 bits per heavy atom.